The largest absolute Gasteiger partial charge is 0.349 e. The summed E-state index contributed by atoms with van der Waals surface area (Å²) < 4.78 is 13.0. The Morgan fingerprint density at radius 2 is 1.86 bits per heavy atom. The van der Waals surface area contributed by atoms with Gasteiger partial charge in [-0.2, -0.15) is 0 Å². The van der Waals surface area contributed by atoms with Crippen LogP contribution >= 0.6 is 12.4 Å². The van der Waals surface area contributed by atoms with Crippen LogP contribution in [0.2, 0.25) is 0 Å². The first kappa shape index (κ1) is 19.9. The van der Waals surface area contributed by atoms with E-state index in [1.54, 1.807) is 12.1 Å². The fourth-order valence-electron chi connectivity index (χ4n) is 2.09. The fraction of sp³-hybridized carbons (Fsp3) is 0.562. The highest BCUT2D eigenvalue weighted by Gasteiger charge is 2.21. The van der Waals surface area contributed by atoms with Crippen molar-refractivity contribution in [1.29, 1.82) is 0 Å². The molecule has 0 aliphatic carbocycles. The Hall–Kier alpha value is -1.13. The molecule has 5 heteroatoms. The van der Waals surface area contributed by atoms with Crippen LogP contribution in [-0.4, -0.2) is 12.5 Å². The molecule has 1 atom stereocenters. The van der Waals surface area contributed by atoms with Crippen molar-refractivity contribution in [2.75, 3.05) is 6.54 Å². The maximum atomic E-state index is 13.0. The molecule has 21 heavy (non-hydrogen) atoms. The predicted octanol–water partition coefficient (Wildman–Crippen LogP) is 3.58. The second-order valence-corrected chi connectivity index (χ2v) is 6.33. The molecule has 0 saturated carbocycles. The van der Waals surface area contributed by atoms with Crippen LogP contribution in [0.25, 0.3) is 0 Å². The highest BCUT2D eigenvalue weighted by Crippen LogP contribution is 2.29. The van der Waals surface area contributed by atoms with Crippen LogP contribution in [0.5, 0.6) is 0 Å². The van der Waals surface area contributed by atoms with Crippen molar-refractivity contribution in [1.82, 2.24) is 5.32 Å². The Balaban J connectivity index is 0.00000400. The van der Waals surface area contributed by atoms with Gasteiger partial charge in [-0.1, -0.05) is 32.9 Å². The first-order chi connectivity index (χ1) is 9.31. The second kappa shape index (κ2) is 9.00. The topological polar surface area (TPSA) is 55.1 Å². The van der Waals surface area contributed by atoms with E-state index in [1.807, 2.05) is 0 Å². The van der Waals surface area contributed by atoms with E-state index in [0.29, 0.717) is 19.4 Å². The van der Waals surface area contributed by atoms with Gasteiger partial charge >= 0.3 is 0 Å². The molecule has 0 fully saturated rings. The van der Waals surface area contributed by atoms with Gasteiger partial charge in [0.25, 0.3) is 0 Å². The molecule has 0 spiro atoms. The van der Waals surface area contributed by atoms with Gasteiger partial charge in [0, 0.05) is 6.42 Å². The van der Waals surface area contributed by atoms with E-state index in [2.05, 4.69) is 26.1 Å². The van der Waals surface area contributed by atoms with E-state index in [9.17, 15) is 9.18 Å². The molecular weight excluding hydrogens is 291 g/mol. The second-order valence-electron chi connectivity index (χ2n) is 6.33. The lowest BCUT2D eigenvalue weighted by atomic mass is 9.85. The van der Waals surface area contributed by atoms with E-state index in [1.165, 1.54) is 12.1 Å². The zero-order valence-electron chi connectivity index (χ0n) is 13.0. The van der Waals surface area contributed by atoms with Gasteiger partial charge in [-0.15, -0.1) is 12.4 Å². The summed E-state index contributed by atoms with van der Waals surface area (Å²) in [4.78, 5) is 11.9. The lowest BCUT2D eigenvalue weighted by Crippen LogP contribution is -2.31. The summed E-state index contributed by atoms with van der Waals surface area (Å²) in [6.07, 6.45) is 1.91. The quantitative estimate of drug-likeness (QED) is 0.842. The van der Waals surface area contributed by atoms with Crippen molar-refractivity contribution in [2.45, 2.75) is 46.1 Å². The van der Waals surface area contributed by atoms with Crippen LogP contribution in [-0.2, 0) is 4.79 Å². The van der Waals surface area contributed by atoms with E-state index >= 15 is 0 Å². The molecule has 0 bridgehead atoms. The standard InChI is InChI=1S/C16H25FN2O.ClH/c1-16(2,3)11-14(19-15(20)5-4-10-18)12-6-8-13(17)9-7-12;/h6-9,14H,4-5,10-11,18H2,1-3H3,(H,19,20);1H. The molecular formula is C16H26ClFN2O. The summed E-state index contributed by atoms with van der Waals surface area (Å²) in [6, 6.07) is 6.22. The molecule has 0 aliphatic heterocycles. The number of hydrogen-bond donors (Lipinski definition) is 2. The first-order valence-electron chi connectivity index (χ1n) is 7.07. The molecule has 3 N–H and O–H groups in total. The number of amides is 1. The molecule has 0 aromatic heterocycles. The Morgan fingerprint density at radius 3 is 2.33 bits per heavy atom. The van der Waals surface area contributed by atoms with Crippen LogP contribution in [0.4, 0.5) is 4.39 Å². The van der Waals surface area contributed by atoms with E-state index in [4.69, 9.17) is 5.73 Å². The molecule has 120 valence electrons. The molecule has 0 heterocycles. The lowest BCUT2D eigenvalue weighted by Gasteiger charge is -2.27. The van der Waals surface area contributed by atoms with Crippen LogP contribution in [0.3, 0.4) is 0 Å². The third-order valence-corrected chi connectivity index (χ3v) is 3.03. The fourth-order valence-corrected chi connectivity index (χ4v) is 2.09. The van der Waals surface area contributed by atoms with E-state index in [0.717, 1.165) is 12.0 Å². The normalized spacial score (nSPS) is 12.4. The number of halogens is 2. The smallest absolute Gasteiger partial charge is 0.220 e. The third kappa shape index (κ3) is 8.02. The van der Waals surface area contributed by atoms with Crippen LogP contribution in [0.15, 0.2) is 24.3 Å². The minimum Gasteiger partial charge on any atom is -0.349 e. The number of benzene rings is 1. The van der Waals surface area contributed by atoms with Gasteiger partial charge in [-0.05, 0) is 42.5 Å². The highest BCUT2D eigenvalue weighted by atomic mass is 35.5. The minimum absolute atomic E-state index is 0. The summed E-state index contributed by atoms with van der Waals surface area (Å²) in [6.45, 7) is 6.87. The van der Waals surface area contributed by atoms with Gasteiger partial charge in [0.1, 0.15) is 5.82 Å². The Morgan fingerprint density at radius 1 is 1.29 bits per heavy atom. The number of hydrogen-bond acceptors (Lipinski definition) is 2. The monoisotopic (exact) mass is 316 g/mol. The Labute approximate surface area is 132 Å². The van der Waals surface area contributed by atoms with Gasteiger partial charge < -0.3 is 11.1 Å². The van der Waals surface area contributed by atoms with Crippen molar-refractivity contribution in [2.24, 2.45) is 11.1 Å². The van der Waals surface area contributed by atoms with E-state index in [-0.39, 0.29) is 35.6 Å². The molecule has 1 rings (SSSR count). The maximum Gasteiger partial charge on any atom is 0.220 e. The molecule has 1 aromatic carbocycles. The molecule has 3 nitrogen and oxygen atoms in total. The van der Waals surface area contributed by atoms with Crippen molar-refractivity contribution in [3.63, 3.8) is 0 Å². The zero-order chi connectivity index (χ0) is 15.2. The van der Waals surface area contributed by atoms with Crippen molar-refractivity contribution in [3.8, 4) is 0 Å². The van der Waals surface area contributed by atoms with Gasteiger partial charge in [0.2, 0.25) is 5.91 Å². The number of rotatable bonds is 6. The molecule has 0 radical (unpaired) electrons. The van der Waals surface area contributed by atoms with Crippen LogP contribution < -0.4 is 11.1 Å². The van der Waals surface area contributed by atoms with Gasteiger partial charge in [0.05, 0.1) is 6.04 Å². The molecule has 1 aromatic rings. The lowest BCUT2D eigenvalue weighted by molar-refractivity contribution is -0.122. The number of carbonyl (C=O) groups is 1. The highest BCUT2D eigenvalue weighted by molar-refractivity contribution is 5.85. The summed E-state index contributed by atoms with van der Waals surface area (Å²) in [5.41, 5.74) is 6.42. The summed E-state index contributed by atoms with van der Waals surface area (Å²) >= 11 is 0. The van der Waals surface area contributed by atoms with Gasteiger partial charge in [-0.25, -0.2) is 4.39 Å². The molecule has 1 amide bonds. The van der Waals surface area contributed by atoms with Gasteiger partial charge in [0.15, 0.2) is 0 Å². The summed E-state index contributed by atoms with van der Waals surface area (Å²) in [5, 5.41) is 3.03. The predicted molar refractivity (Wildman–Crippen MR) is 86.9 cm³/mol. The number of carbonyl (C=O) groups excluding carboxylic acids is 1. The molecule has 1 unspecified atom stereocenters. The van der Waals surface area contributed by atoms with Crippen molar-refractivity contribution in [3.05, 3.63) is 35.6 Å². The SMILES string of the molecule is CC(C)(C)CC(NC(=O)CCCN)c1ccc(F)cc1.Cl. The van der Waals surface area contributed by atoms with Crippen molar-refractivity contribution < 1.29 is 9.18 Å². The number of nitrogens with two attached hydrogens (primary N) is 1. The minimum atomic E-state index is -0.266. The Kier molecular flexibility index (Phi) is 8.52. The average Bonchev–Trinajstić information content (AvgIpc) is 2.35. The van der Waals surface area contributed by atoms with Crippen molar-refractivity contribution >= 4 is 18.3 Å². The first-order valence-corrected chi connectivity index (χ1v) is 7.07. The van der Waals surface area contributed by atoms with Gasteiger partial charge in [-0.3, -0.25) is 4.79 Å². The summed E-state index contributed by atoms with van der Waals surface area (Å²) in [7, 11) is 0. The zero-order valence-corrected chi connectivity index (χ0v) is 13.8. The summed E-state index contributed by atoms with van der Waals surface area (Å²) in [5.74, 6) is -0.272. The van der Waals surface area contributed by atoms with Crippen LogP contribution in [0, 0.1) is 11.2 Å². The molecule has 0 saturated heterocycles. The van der Waals surface area contributed by atoms with E-state index < -0.39 is 0 Å². The third-order valence-electron chi connectivity index (χ3n) is 3.03. The number of nitrogens with one attached hydrogen (secondary N) is 1. The average molecular weight is 317 g/mol. The Bertz CT molecular complexity index is 429. The molecule has 0 aliphatic rings. The van der Waals surface area contributed by atoms with Crippen LogP contribution in [0.1, 0.15) is 51.6 Å². The maximum absolute atomic E-state index is 13.0.